The van der Waals surface area contributed by atoms with Crippen LogP contribution in [0.3, 0.4) is 0 Å². The van der Waals surface area contributed by atoms with Crippen molar-refractivity contribution in [2.24, 2.45) is 0 Å². The summed E-state index contributed by atoms with van der Waals surface area (Å²) in [6.45, 7) is 2.05. The minimum atomic E-state index is -0.423. The maximum atomic E-state index is 12.6. The summed E-state index contributed by atoms with van der Waals surface area (Å²) in [6.07, 6.45) is 0.565. The van der Waals surface area contributed by atoms with Gasteiger partial charge >= 0.3 is 0 Å². The molecule has 0 spiro atoms. The van der Waals surface area contributed by atoms with Crippen LogP contribution in [-0.2, 0) is 4.79 Å². The van der Waals surface area contributed by atoms with Crippen LogP contribution in [0.5, 0.6) is 5.75 Å². The number of halogens is 1. The van der Waals surface area contributed by atoms with Crippen LogP contribution >= 0.6 is 15.9 Å². The molecule has 4 rings (SSSR count). The SMILES string of the molecule is C[C@@H]1c2ccccc2O[C@@H]1C(=O)N[C@@H]1C[C@H]1c1ccccc1Br. The molecule has 1 amide bonds. The van der Waals surface area contributed by atoms with Crippen LogP contribution in [-0.4, -0.2) is 18.1 Å². The van der Waals surface area contributed by atoms with Gasteiger partial charge in [-0.1, -0.05) is 59.3 Å². The maximum Gasteiger partial charge on any atom is 0.261 e. The fraction of sp³-hybridized carbons (Fsp3) is 0.316. The van der Waals surface area contributed by atoms with E-state index in [1.807, 2.05) is 49.4 Å². The highest BCUT2D eigenvalue weighted by Crippen LogP contribution is 2.44. The molecular formula is C19H18BrNO2. The summed E-state index contributed by atoms with van der Waals surface area (Å²) in [5.41, 5.74) is 2.38. The van der Waals surface area contributed by atoms with Gasteiger partial charge in [-0.2, -0.15) is 0 Å². The minimum Gasteiger partial charge on any atom is -0.480 e. The summed E-state index contributed by atoms with van der Waals surface area (Å²) < 4.78 is 6.96. The molecule has 2 aromatic rings. The van der Waals surface area contributed by atoms with Crippen LogP contribution in [0, 0.1) is 0 Å². The predicted molar refractivity (Wildman–Crippen MR) is 92.7 cm³/mol. The van der Waals surface area contributed by atoms with E-state index in [-0.39, 0.29) is 17.9 Å². The average Bonchev–Trinajstić information content (AvgIpc) is 3.23. The van der Waals surface area contributed by atoms with Gasteiger partial charge in [0.1, 0.15) is 5.75 Å². The van der Waals surface area contributed by atoms with Crippen molar-refractivity contribution in [3.63, 3.8) is 0 Å². The summed E-state index contributed by atoms with van der Waals surface area (Å²) in [6, 6.07) is 16.3. The number of benzene rings is 2. The fourth-order valence-electron chi connectivity index (χ4n) is 3.39. The number of ether oxygens (including phenoxy) is 1. The summed E-state index contributed by atoms with van der Waals surface area (Å²) in [5, 5.41) is 3.15. The lowest BCUT2D eigenvalue weighted by atomic mass is 9.97. The molecule has 0 radical (unpaired) electrons. The maximum absolute atomic E-state index is 12.6. The largest absolute Gasteiger partial charge is 0.480 e. The number of amides is 1. The lowest BCUT2D eigenvalue weighted by Gasteiger charge is -2.15. The number of hydrogen-bond donors (Lipinski definition) is 1. The van der Waals surface area contributed by atoms with Crippen molar-refractivity contribution in [3.8, 4) is 5.75 Å². The van der Waals surface area contributed by atoms with Gasteiger partial charge in [-0.05, 0) is 24.1 Å². The van der Waals surface area contributed by atoms with Crippen LogP contribution in [0.15, 0.2) is 53.0 Å². The van der Waals surface area contributed by atoms with Gasteiger partial charge in [0.05, 0.1) is 0 Å². The van der Waals surface area contributed by atoms with Crippen LogP contribution in [0.25, 0.3) is 0 Å². The van der Waals surface area contributed by atoms with Crippen molar-refractivity contribution < 1.29 is 9.53 Å². The number of carbonyl (C=O) groups is 1. The van der Waals surface area contributed by atoms with Crippen molar-refractivity contribution in [1.82, 2.24) is 5.32 Å². The van der Waals surface area contributed by atoms with E-state index in [1.54, 1.807) is 0 Å². The zero-order chi connectivity index (χ0) is 16.0. The molecule has 0 unspecified atom stereocenters. The number of nitrogens with one attached hydrogen (secondary N) is 1. The van der Waals surface area contributed by atoms with Gasteiger partial charge in [-0.25, -0.2) is 0 Å². The molecule has 0 saturated heterocycles. The first-order valence-corrected chi connectivity index (χ1v) is 8.75. The van der Waals surface area contributed by atoms with Crippen LogP contribution < -0.4 is 10.1 Å². The Kier molecular flexibility index (Phi) is 3.64. The molecule has 1 fully saturated rings. The second-order valence-electron chi connectivity index (χ2n) is 6.34. The number of hydrogen-bond acceptors (Lipinski definition) is 2. The Balaban J connectivity index is 1.42. The monoisotopic (exact) mass is 371 g/mol. The number of fused-ring (bicyclic) bond motifs is 1. The van der Waals surface area contributed by atoms with E-state index in [2.05, 4.69) is 27.3 Å². The Bertz CT molecular complexity index is 761. The molecule has 0 aromatic heterocycles. The Morgan fingerprint density at radius 3 is 2.57 bits per heavy atom. The third kappa shape index (κ3) is 2.65. The van der Waals surface area contributed by atoms with Gasteiger partial charge in [-0.3, -0.25) is 4.79 Å². The van der Waals surface area contributed by atoms with E-state index in [1.165, 1.54) is 5.56 Å². The first kappa shape index (κ1) is 14.8. The minimum absolute atomic E-state index is 0.00625. The van der Waals surface area contributed by atoms with E-state index in [9.17, 15) is 4.79 Å². The van der Waals surface area contributed by atoms with Crippen LogP contribution in [0.4, 0.5) is 0 Å². The topological polar surface area (TPSA) is 38.3 Å². The van der Waals surface area contributed by atoms with E-state index >= 15 is 0 Å². The highest BCUT2D eigenvalue weighted by Gasteiger charge is 2.44. The fourth-order valence-corrected chi connectivity index (χ4v) is 3.96. The highest BCUT2D eigenvalue weighted by molar-refractivity contribution is 9.10. The quantitative estimate of drug-likeness (QED) is 0.885. The second kappa shape index (κ2) is 5.68. The Labute approximate surface area is 144 Å². The van der Waals surface area contributed by atoms with Gasteiger partial charge in [0.15, 0.2) is 6.10 Å². The van der Waals surface area contributed by atoms with Gasteiger partial charge in [0, 0.05) is 27.9 Å². The zero-order valence-electron chi connectivity index (χ0n) is 12.8. The Hall–Kier alpha value is -1.81. The molecular weight excluding hydrogens is 354 g/mol. The van der Waals surface area contributed by atoms with Gasteiger partial charge < -0.3 is 10.1 Å². The second-order valence-corrected chi connectivity index (χ2v) is 7.20. The van der Waals surface area contributed by atoms with Crippen molar-refractivity contribution in [2.75, 3.05) is 0 Å². The zero-order valence-corrected chi connectivity index (χ0v) is 14.4. The molecule has 2 aliphatic rings. The number of para-hydroxylation sites is 1. The molecule has 1 saturated carbocycles. The third-order valence-electron chi connectivity index (χ3n) is 4.80. The molecule has 118 valence electrons. The normalized spacial score (nSPS) is 27.9. The average molecular weight is 372 g/mol. The van der Waals surface area contributed by atoms with E-state index < -0.39 is 6.10 Å². The molecule has 4 atom stereocenters. The molecule has 2 aromatic carbocycles. The highest BCUT2D eigenvalue weighted by atomic mass is 79.9. The number of rotatable bonds is 3. The van der Waals surface area contributed by atoms with Crippen LogP contribution in [0.1, 0.15) is 36.3 Å². The standard InChI is InChI=1S/C19H18BrNO2/c1-11-12-6-3-5-9-17(12)23-18(11)19(22)21-16-10-14(16)13-7-2-4-8-15(13)20/h2-9,11,14,16,18H,10H2,1H3,(H,21,22)/t11-,14+,16-,18+/m1/s1. The molecule has 1 heterocycles. The van der Waals surface area contributed by atoms with Crippen molar-refractivity contribution in [1.29, 1.82) is 0 Å². The number of carbonyl (C=O) groups excluding carboxylic acids is 1. The van der Waals surface area contributed by atoms with E-state index in [4.69, 9.17) is 4.74 Å². The predicted octanol–water partition coefficient (Wildman–Crippen LogP) is 3.99. The first-order chi connectivity index (χ1) is 11.1. The third-order valence-corrected chi connectivity index (χ3v) is 5.52. The summed E-state index contributed by atoms with van der Waals surface area (Å²) in [7, 11) is 0. The Morgan fingerprint density at radius 2 is 1.83 bits per heavy atom. The molecule has 0 bridgehead atoms. The molecule has 23 heavy (non-hydrogen) atoms. The van der Waals surface area contributed by atoms with Crippen molar-refractivity contribution in [2.45, 2.75) is 37.3 Å². The van der Waals surface area contributed by atoms with Crippen molar-refractivity contribution in [3.05, 3.63) is 64.1 Å². The van der Waals surface area contributed by atoms with Gasteiger partial charge in [-0.15, -0.1) is 0 Å². The summed E-state index contributed by atoms with van der Waals surface area (Å²) in [4.78, 5) is 12.6. The lowest BCUT2D eigenvalue weighted by molar-refractivity contribution is -0.128. The first-order valence-electron chi connectivity index (χ1n) is 7.95. The molecule has 1 aliphatic carbocycles. The smallest absolute Gasteiger partial charge is 0.261 e. The van der Waals surface area contributed by atoms with Gasteiger partial charge in [0.2, 0.25) is 0 Å². The van der Waals surface area contributed by atoms with Crippen LogP contribution in [0.2, 0.25) is 0 Å². The van der Waals surface area contributed by atoms with Crippen molar-refractivity contribution >= 4 is 21.8 Å². The van der Waals surface area contributed by atoms with E-state index in [0.29, 0.717) is 5.92 Å². The molecule has 4 heteroatoms. The Morgan fingerprint density at radius 1 is 1.13 bits per heavy atom. The lowest BCUT2D eigenvalue weighted by Crippen LogP contribution is -2.40. The summed E-state index contributed by atoms with van der Waals surface area (Å²) in [5.74, 6) is 1.31. The van der Waals surface area contributed by atoms with Gasteiger partial charge in [0.25, 0.3) is 5.91 Å². The molecule has 1 aliphatic heterocycles. The summed E-state index contributed by atoms with van der Waals surface area (Å²) >= 11 is 3.59. The molecule has 1 N–H and O–H groups in total. The van der Waals surface area contributed by atoms with E-state index in [0.717, 1.165) is 22.2 Å². The molecule has 3 nitrogen and oxygen atoms in total.